The number of nitrogens with one attached hydrogen (secondary N) is 1. The number of nitro groups is 1. The van der Waals surface area contributed by atoms with E-state index in [-0.39, 0.29) is 18.2 Å². The SMILES string of the molecule is O=c1[nH]cc(O)n1C(CCc1ccncc1)COc1ccc(-c2cccc([N+](=O)[O-])c2)cc1. The molecule has 0 saturated carbocycles. The normalized spacial score (nSPS) is 11.8. The van der Waals surface area contributed by atoms with Crippen LogP contribution in [-0.4, -0.2) is 31.2 Å². The van der Waals surface area contributed by atoms with Crippen LogP contribution in [-0.2, 0) is 6.42 Å². The van der Waals surface area contributed by atoms with Crippen LogP contribution in [0.1, 0.15) is 18.0 Å². The van der Waals surface area contributed by atoms with E-state index >= 15 is 0 Å². The van der Waals surface area contributed by atoms with Gasteiger partial charge in [0.2, 0.25) is 5.88 Å². The first-order valence-electron chi connectivity index (χ1n) is 10.4. The fraction of sp³-hybridized carbons (Fsp3) is 0.167. The van der Waals surface area contributed by atoms with Crippen LogP contribution in [0.25, 0.3) is 11.1 Å². The Morgan fingerprint density at radius 3 is 2.52 bits per heavy atom. The van der Waals surface area contributed by atoms with Gasteiger partial charge in [0.15, 0.2) is 0 Å². The molecule has 2 aromatic carbocycles. The molecule has 0 fully saturated rings. The zero-order chi connectivity index (χ0) is 23.2. The van der Waals surface area contributed by atoms with E-state index in [4.69, 9.17) is 4.74 Å². The summed E-state index contributed by atoms with van der Waals surface area (Å²) in [6.07, 6.45) is 5.93. The molecule has 4 rings (SSSR count). The number of ether oxygens (including phenoxy) is 1. The van der Waals surface area contributed by atoms with E-state index in [1.54, 1.807) is 36.7 Å². The van der Waals surface area contributed by atoms with Gasteiger partial charge in [0.05, 0.1) is 17.2 Å². The summed E-state index contributed by atoms with van der Waals surface area (Å²) in [7, 11) is 0. The van der Waals surface area contributed by atoms with Gasteiger partial charge in [-0.3, -0.25) is 19.7 Å². The summed E-state index contributed by atoms with van der Waals surface area (Å²) in [5.41, 5.74) is 2.24. The molecule has 9 nitrogen and oxygen atoms in total. The Bertz CT molecular complexity index is 1280. The molecule has 2 N–H and O–H groups in total. The first kappa shape index (κ1) is 21.8. The fourth-order valence-corrected chi connectivity index (χ4v) is 3.63. The van der Waals surface area contributed by atoms with Gasteiger partial charge in [0.25, 0.3) is 5.69 Å². The van der Waals surface area contributed by atoms with Gasteiger partial charge in [-0.15, -0.1) is 0 Å². The molecule has 4 aromatic rings. The molecular weight excluding hydrogens is 424 g/mol. The molecule has 2 aromatic heterocycles. The van der Waals surface area contributed by atoms with Gasteiger partial charge in [-0.2, -0.15) is 0 Å². The Hall–Kier alpha value is -4.40. The highest BCUT2D eigenvalue weighted by Gasteiger charge is 2.18. The lowest BCUT2D eigenvalue weighted by atomic mass is 10.0. The summed E-state index contributed by atoms with van der Waals surface area (Å²) in [5.74, 6) is 0.436. The zero-order valence-electron chi connectivity index (χ0n) is 17.6. The Morgan fingerprint density at radius 1 is 1.09 bits per heavy atom. The maximum atomic E-state index is 12.2. The van der Waals surface area contributed by atoms with Gasteiger partial charge >= 0.3 is 5.69 Å². The highest BCUT2D eigenvalue weighted by atomic mass is 16.6. The minimum absolute atomic E-state index is 0.0293. The summed E-state index contributed by atoms with van der Waals surface area (Å²) in [4.78, 5) is 29.3. The topological polar surface area (TPSA) is 123 Å². The predicted octanol–water partition coefficient (Wildman–Crippen LogP) is 4.11. The molecule has 33 heavy (non-hydrogen) atoms. The van der Waals surface area contributed by atoms with E-state index in [1.165, 1.54) is 22.9 Å². The summed E-state index contributed by atoms with van der Waals surface area (Å²) in [6.45, 7) is 0.173. The largest absolute Gasteiger partial charge is 0.493 e. The van der Waals surface area contributed by atoms with Crippen molar-refractivity contribution in [2.24, 2.45) is 0 Å². The number of aryl methyl sites for hydroxylation is 1. The van der Waals surface area contributed by atoms with Crippen molar-refractivity contribution in [3.8, 4) is 22.8 Å². The van der Waals surface area contributed by atoms with Gasteiger partial charge in [-0.1, -0.05) is 24.3 Å². The second kappa shape index (κ2) is 9.82. The number of imidazole rings is 1. The first-order valence-corrected chi connectivity index (χ1v) is 10.4. The monoisotopic (exact) mass is 446 g/mol. The van der Waals surface area contributed by atoms with E-state index in [1.807, 2.05) is 24.3 Å². The summed E-state index contributed by atoms with van der Waals surface area (Å²) >= 11 is 0. The van der Waals surface area contributed by atoms with Crippen LogP contribution in [0.4, 0.5) is 5.69 Å². The standard InChI is InChI=1S/C24H22N4O5/c29-23-15-26-24(30)27(23)21(7-4-17-10-12-25-13-11-17)16-33-22-8-5-18(6-9-22)19-2-1-3-20(14-19)28(31)32/h1-3,5-6,8-15,21,29H,4,7,16H2,(H,26,30). The minimum atomic E-state index is -0.425. The highest BCUT2D eigenvalue weighted by Crippen LogP contribution is 2.27. The summed E-state index contributed by atoms with van der Waals surface area (Å²) in [5, 5.41) is 21.2. The van der Waals surface area contributed by atoms with E-state index in [0.29, 0.717) is 18.6 Å². The van der Waals surface area contributed by atoms with E-state index in [0.717, 1.165) is 16.7 Å². The Balaban J connectivity index is 1.47. The maximum absolute atomic E-state index is 12.2. The highest BCUT2D eigenvalue weighted by molar-refractivity contribution is 5.66. The Labute approximate surface area is 189 Å². The van der Waals surface area contributed by atoms with Crippen molar-refractivity contribution in [1.82, 2.24) is 14.5 Å². The van der Waals surface area contributed by atoms with Gasteiger partial charge in [-0.05, 0) is 53.8 Å². The third kappa shape index (κ3) is 5.27. The van der Waals surface area contributed by atoms with Crippen molar-refractivity contribution in [2.75, 3.05) is 6.61 Å². The Kier molecular flexibility index (Phi) is 6.49. The van der Waals surface area contributed by atoms with Gasteiger partial charge in [-0.25, -0.2) is 4.79 Å². The lowest BCUT2D eigenvalue weighted by molar-refractivity contribution is -0.384. The summed E-state index contributed by atoms with van der Waals surface area (Å²) in [6, 6.07) is 17.0. The number of benzene rings is 2. The number of H-pyrrole nitrogens is 1. The van der Waals surface area contributed by atoms with Crippen molar-refractivity contribution >= 4 is 5.69 Å². The van der Waals surface area contributed by atoms with Crippen LogP contribution in [0.3, 0.4) is 0 Å². The van der Waals surface area contributed by atoms with Crippen molar-refractivity contribution in [2.45, 2.75) is 18.9 Å². The molecule has 0 aliphatic carbocycles. The lowest BCUT2D eigenvalue weighted by Crippen LogP contribution is -2.27. The molecule has 0 aliphatic rings. The number of pyridine rings is 1. The second-order valence-electron chi connectivity index (χ2n) is 7.51. The van der Waals surface area contributed by atoms with Crippen LogP contribution in [0, 0.1) is 10.1 Å². The average molecular weight is 446 g/mol. The zero-order valence-corrected chi connectivity index (χ0v) is 17.6. The number of aromatic hydroxyl groups is 1. The van der Waals surface area contributed by atoms with E-state index < -0.39 is 16.7 Å². The van der Waals surface area contributed by atoms with Gasteiger partial charge in [0.1, 0.15) is 12.4 Å². The number of rotatable bonds is 9. The average Bonchev–Trinajstić information content (AvgIpc) is 3.18. The molecule has 0 aliphatic heterocycles. The van der Waals surface area contributed by atoms with Crippen LogP contribution < -0.4 is 10.4 Å². The lowest BCUT2D eigenvalue weighted by Gasteiger charge is -2.19. The van der Waals surface area contributed by atoms with E-state index in [2.05, 4.69) is 9.97 Å². The van der Waals surface area contributed by atoms with Crippen molar-refractivity contribution < 1.29 is 14.8 Å². The molecule has 168 valence electrons. The molecule has 1 atom stereocenters. The van der Waals surface area contributed by atoms with Crippen LogP contribution in [0.5, 0.6) is 11.6 Å². The first-order chi connectivity index (χ1) is 16.0. The minimum Gasteiger partial charge on any atom is -0.493 e. The molecule has 2 heterocycles. The number of hydrogen-bond acceptors (Lipinski definition) is 6. The smallest absolute Gasteiger partial charge is 0.328 e. The maximum Gasteiger partial charge on any atom is 0.328 e. The van der Waals surface area contributed by atoms with E-state index in [9.17, 15) is 20.0 Å². The summed E-state index contributed by atoms with van der Waals surface area (Å²) < 4.78 is 7.23. The molecule has 0 amide bonds. The van der Waals surface area contributed by atoms with Crippen LogP contribution in [0.15, 0.2) is 84.0 Å². The van der Waals surface area contributed by atoms with Crippen LogP contribution in [0.2, 0.25) is 0 Å². The quantitative estimate of drug-likeness (QED) is 0.295. The third-order valence-corrected chi connectivity index (χ3v) is 5.36. The van der Waals surface area contributed by atoms with Crippen molar-refractivity contribution in [3.05, 3.63) is 105 Å². The number of aromatic amines is 1. The number of non-ortho nitro benzene ring substituents is 1. The number of hydrogen-bond donors (Lipinski definition) is 2. The molecule has 1 unspecified atom stereocenters. The van der Waals surface area contributed by atoms with Crippen molar-refractivity contribution in [3.63, 3.8) is 0 Å². The van der Waals surface area contributed by atoms with Crippen LogP contribution >= 0.6 is 0 Å². The predicted molar refractivity (Wildman–Crippen MR) is 122 cm³/mol. The second-order valence-corrected chi connectivity index (χ2v) is 7.51. The molecular formula is C24H22N4O5. The molecule has 9 heteroatoms. The fourth-order valence-electron chi connectivity index (χ4n) is 3.63. The third-order valence-electron chi connectivity index (χ3n) is 5.36. The molecule has 0 radical (unpaired) electrons. The number of aromatic nitrogens is 3. The Morgan fingerprint density at radius 2 is 1.85 bits per heavy atom. The van der Waals surface area contributed by atoms with Gasteiger partial charge in [0, 0.05) is 24.5 Å². The molecule has 0 spiro atoms. The van der Waals surface area contributed by atoms with Crippen molar-refractivity contribution in [1.29, 1.82) is 0 Å². The molecule has 0 bridgehead atoms. The number of nitrogens with zero attached hydrogens (tertiary/aromatic N) is 3. The van der Waals surface area contributed by atoms with Gasteiger partial charge < -0.3 is 14.8 Å². The molecule has 0 saturated heterocycles. The number of nitro benzene ring substituents is 1.